The second-order valence-electron chi connectivity index (χ2n) is 4.64. The number of ether oxygens (including phenoxy) is 1. The van der Waals surface area contributed by atoms with Gasteiger partial charge >= 0.3 is 0 Å². The largest absolute Gasteiger partial charge is 0.368 e. The van der Waals surface area contributed by atoms with Gasteiger partial charge < -0.3 is 15.0 Å². The number of amides is 1. The molecule has 2 rings (SSSR count). The molecule has 2 heterocycles. The number of rotatable bonds is 4. The third-order valence-corrected chi connectivity index (χ3v) is 2.96. The normalized spacial score (nSPS) is 18.7. The lowest BCUT2D eigenvalue weighted by molar-refractivity contribution is -0.130. The Labute approximate surface area is 107 Å². The summed E-state index contributed by atoms with van der Waals surface area (Å²) in [7, 11) is 3.88. The molecule has 1 aliphatic heterocycles. The first-order valence-corrected chi connectivity index (χ1v) is 6.18. The summed E-state index contributed by atoms with van der Waals surface area (Å²) >= 11 is 0. The predicted octanol–water partition coefficient (Wildman–Crippen LogP) is 0.943. The third-order valence-electron chi connectivity index (χ3n) is 2.96. The van der Waals surface area contributed by atoms with Crippen LogP contribution in [-0.4, -0.2) is 37.7 Å². The Kier molecular flexibility index (Phi) is 4.15. The highest BCUT2D eigenvalue weighted by atomic mass is 16.5. The summed E-state index contributed by atoms with van der Waals surface area (Å²) in [4.78, 5) is 17.9. The summed E-state index contributed by atoms with van der Waals surface area (Å²) in [6, 6.07) is 3.87. The molecule has 0 aliphatic carbocycles. The number of carbonyl (C=O) groups excluding carboxylic acids is 1. The minimum absolute atomic E-state index is 0.0179. The fourth-order valence-electron chi connectivity index (χ4n) is 1.90. The molecule has 1 aromatic rings. The summed E-state index contributed by atoms with van der Waals surface area (Å²) in [5.41, 5.74) is 1.04. The summed E-state index contributed by atoms with van der Waals surface area (Å²) < 4.78 is 5.33. The van der Waals surface area contributed by atoms with E-state index < -0.39 is 0 Å². The smallest absolute Gasteiger partial charge is 0.249 e. The molecule has 5 nitrogen and oxygen atoms in total. The van der Waals surface area contributed by atoms with Crippen LogP contribution in [0.2, 0.25) is 0 Å². The van der Waals surface area contributed by atoms with Crippen molar-refractivity contribution >= 4 is 11.7 Å². The van der Waals surface area contributed by atoms with Crippen molar-refractivity contribution in [3.63, 3.8) is 0 Å². The van der Waals surface area contributed by atoms with Gasteiger partial charge in [0, 0.05) is 33.4 Å². The van der Waals surface area contributed by atoms with Crippen LogP contribution in [0.3, 0.4) is 0 Å². The van der Waals surface area contributed by atoms with E-state index in [-0.39, 0.29) is 12.0 Å². The number of nitrogens with zero attached hydrogens (tertiary/aromatic N) is 2. The van der Waals surface area contributed by atoms with Gasteiger partial charge in [-0.1, -0.05) is 0 Å². The van der Waals surface area contributed by atoms with Gasteiger partial charge in [0.25, 0.3) is 0 Å². The molecule has 1 aliphatic rings. The highest BCUT2D eigenvalue weighted by molar-refractivity contribution is 5.80. The van der Waals surface area contributed by atoms with Crippen LogP contribution in [0.15, 0.2) is 18.3 Å². The van der Waals surface area contributed by atoms with Gasteiger partial charge in [-0.05, 0) is 30.5 Å². The molecule has 5 heteroatoms. The van der Waals surface area contributed by atoms with Crippen molar-refractivity contribution in [1.29, 1.82) is 0 Å². The standard InChI is InChI=1S/C13H19N3O2/c1-16(2)12-8-10(5-6-14-12)9-15-13(17)11-4-3-7-18-11/h5-6,8,11H,3-4,7,9H2,1-2H3,(H,15,17)/t11-/m0/s1. The molecule has 0 saturated carbocycles. The maximum absolute atomic E-state index is 11.8. The lowest BCUT2D eigenvalue weighted by Crippen LogP contribution is -2.33. The fraction of sp³-hybridized carbons (Fsp3) is 0.538. The molecule has 1 N–H and O–H groups in total. The van der Waals surface area contributed by atoms with Gasteiger partial charge in [0.15, 0.2) is 0 Å². The van der Waals surface area contributed by atoms with Crippen LogP contribution in [0.5, 0.6) is 0 Å². The average molecular weight is 249 g/mol. The number of aromatic nitrogens is 1. The van der Waals surface area contributed by atoms with Crippen LogP contribution in [0.4, 0.5) is 5.82 Å². The van der Waals surface area contributed by atoms with Crippen LogP contribution < -0.4 is 10.2 Å². The fourth-order valence-corrected chi connectivity index (χ4v) is 1.90. The van der Waals surface area contributed by atoms with Crippen LogP contribution in [0, 0.1) is 0 Å². The summed E-state index contributed by atoms with van der Waals surface area (Å²) in [5, 5.41) is 2.90. The Hall–Kier alpha value is -1.62. The topological polar surface area (TPSA) is 54.5 Å². The molecule has 1 saturated heterocycles. The first-order valence-electron chi connectivity index (χ1n) is 6.18. The van der Waals surface area contributed by atoms with E-state index in [0.29, 0.717) is 13.2 Å². The molecular formula is C13H19N3O2. The summed E-state index contributed by atoms with van der Waals surface area (Å²) in [6.07, 6.45) is 3.28. The molecule has 18 heavy (non-hydrogen) atoms. The van der Waals surface area contributed by atoms with Crippen molar-refractivity contribution in [2.24, 2.45) is 0 Å². The van der Waals surface area contributed by atoms with Gasteiger partial charge in [-0.25, -0.2) is 4.98 Å². The Morgan fingerprint density at radius 2 is 2.44 bits per heavy atom. The van der Waals surface area contributed by atoms with Crippen molar-refractivity contribution in [2.75, 3.05) is 25.6 Å². The predicted molar refractivity (Wildman–Crippen MR) is 69.4 cm³/mol. The molecule has 1 aromatic heterocycles. The SMILES string of the molecule is CN(C)c1cc(CNC(=O)[C@@H]2CCCO2)ccn1. The number of hydrogen-bond acceptors (Lipinski definition) is 4. The first-order chi connectivity index (χ1) is 8.66. The minimum atomic E-state index is -0.264. The lowest BCUT2D eigenvalue weighted by Gasteiger charge is -2.13. The van der Waals surface area contributed by atoms with E-state index in [1.807, 2.05) is 31.1 Å². The van der Waals surface area contributed by atoms with Crippen LogP contribution in [-0.2, 0) is 16.1 Å². The Morgan fingerprint density at radius 1 is 1.61 bits per heavy atom. The number of anilines is 1. The van der Waals surface area contributed by atoms with Gasteiger partial charge in [0.05, 0.1) is 0 Å². The van der Waals surface area contributed by atoms with Gasteiger partial charge in [0.1, 0.15) is 11.9 Å². The Balaban J connectivity index is 1.89. The van der Waals surface area contributed by atoms with E-state index in [1.54, 1.807) is 6.20 Å². The third kappa shape index (κ3) is 3.20. The lowest BCUT2D eigenvalue weighted by atomic mass is 10.2. The van der Waals surface area contributed by atoms with E-state index >= 15 is 0 Å². The van der Waals surface area contributed by atoms with E-state index in [0.717, 1.165) is 24.2 Å². The number of nitrogens with one attached hydrogen (secondary N) is 1. The summed E-state index contributed by atoms with van der Waals surface area (Å²) in [5.74, 6) is 0.870. The zero-order chi connectivity index (χ0) is 13.0. The van der Waals surface area contributed by atoms with Gasteiger partial charge in [-0.2, -0.15) is 0 Å². The molecule has 1 amide bonds. The second-order valence-corrected chi connectivity index (χ2v) is 4.64. The summed E-state index contributed by atoms with van der Waals surface area (Å²) in [6.45, 7) is 1.21. The van der Waals surface area contributed by atoms with Crippen LogP contribution >= 0.6 is 0 Å². The van der Waals surface area contributed by atoms with Crippen LogP contribution in [0.1, 0.15) is 18.4 Å². The molecule has 98 valence electrons. The monoisotopic (exact) mass is 249 g/mol. The van der Waals surface area contributed by atoms with E-state index in [4.69, 9.17) is 4.74 Å². The minimum Gasteiger partial charge on any atom is -0.368 e. The van der Waals surface area contributed by atoms with E-state index in [2.05, 4.69) is 10.3 Å². The number of carbonyl (C=O) groups is 1. The highest BCUT2D eigenvalue weighted by Crippen LogP contribution is 2.13. The van der Waals surface area contributed by atoms with Crippen molar-refractivity contribution < 1.29 is 9.53 Å². The van der Waals surface area contributed by atoms with Gasteiger partial charge in [0.2, 0.25) is 5.91 Å². The maximum Gasteiger partial charge on any atom is 0.249 e. The van der Waals surface area contributed by atoms with Crippen LogP contribution in [0.25, 0.3) is 0 Å². The quantitative estimate of drug-likeness (QED) is 0.863. The molecule has 0 aromatic carbocycles. The zero-order valence-electron chi connectivity index (χ0n) is 10.8. The number of hydrogen-bond donors (Lipinski definition) is 1. The molecule has 0 radical (unpaired) electrons. The van der Waals surface area contributed by atoms with Crippen molar-refractivity contribution in [3.8, 4) is 0 Å². The Morgan fingerprint density at radius 3 is 3.11 bits per heavy atom. The average Bonchev–Trinajstić information content (AvgIpc) is 2.90. The van der Waals surface area contributed by atoms with Crippen molar-refractivity contribution in [3.05, 3.63) is 23.9 Å². The maximum atomic E-state index is 11.8. The molecule has 1 atom stereocenters. The first kappa shape index (κ1) is 12.8. The zero-order valence-corrected chi connectivity index (χ0v) is 10.8. The highest BCUT2D eigenvalue weighted by Gasteiger charge is 2.22. The molecular weight excluding hydrogens is 230 g/mol. The number of pyridine rings is 1. The van der Waals surface area contributed by atoms with Gasteiger partial charge in [-0.3, -0.25) is 4.79 Å². The van der Waals surface area contributed by atoms with Crippen molar-refractivity contribution in [1.82, 2.24) is 10.3 Å². The molecule has 0 bridgehead atoms. The Bertz CT molecular complexity index is 414. The molecule has 0 spiro atoms. The van der Waals surface area contributed by atoms with Gasteiger partial charge in [-0.15, -0.1) is 0 Å². The molecule has 1 fully saturated rings. The second kappa shape index (κ2) is 5.82. The van der Waals surface area contributed by atoms with E-state index in [1.165, 1.54) is 0 Å². The van der Waals surface area contributed by atoms with Crippen molar-refractivity contribution in [2.45, 2.75) is 25.5 Å². The van der Waals surface area contributed by atoms with E-state index in [9.17, 15) is 4.79 Å². The molecule has 0 unspecified atom stereocenters.